The molecule has 0 saturated heterocycles. The molecule has 0 atom stereocenters. The van der Waals surface area contributed by atoms with E-state index in [2.05, 4.69) is 41.3 Å². The molecule has 22 heavy (non-hydrogen) atoms. The summed E-state index contributed by atoms with van der Waals surface area (Å²) in [7, 11) is 4.10. The first-order valence-electron chi connectivity index (χ1n) is 7.67. The van der Waals surface area contributed by atoms with Gasteiger partial charge in [0.25, 0.3) is 0 Å². The van der Waals surface area contributed by atoms with Crippen LogP contribution in [0.1, 0.15) is 28.8 Å². The van der Waals surface area contributed by atoms with Crippen molar-refractivity contribution in [3.8, 4) is 0 Å². The average Bonchev–Trinajstić information content (AvgIpc) is 3.38. The second-order valence-electron chi connectivity index (χ2n) is 6.01. The van der Waals surface area contributed by atoms with Crippen molar-refractivity contribution < 1.29 is 4.79 Å². The maximum atomic E-state index is 12.0. The molecule has 1 aliphatic rings. The summed E-state index contributed by atoms with van der Waals surface area (Å²) in [4.78, 5) is 15.3. The monoisotopic (exact) mass is 311 g/mol. The van der Waals surface area contributed by atoms with Gasteiger partial charge in [-0.15, -0.1) is 11.8 Å². The standard InChI is InChI=1S/C19H21NOS/c1-20(2)17-9-3-14(4-10-17)13-22-18-11-7-16(8-12-18)19(21)15-5-6-15/h3-4,7-12,15H,5-6,13H2,1-2H3. The Morgan fingerprint density at radius 3 is 2.23 bits per heavy atom. The highest BCUT2D eigenvalue weighted by Crippen LogP contribution is 2.33. The van der Waals surface area contributed by atoms with Gasteiger partial charge >= 0.3 is 0 Å². The molecule has 2 aromatic rings. The number of benzene rings is 2. The van der Waals surface area contributed by atoms with Crippen molar-refractivity contribution in [3.05, 3.63) is 59.7 Å². The van der Waals surface area contributed by atoms with Gasteiger partial charge in [0, 0.05) is 41.9 Å². The van der Waals surface area contributed by atoms with Crippen LogP contribution in [0.25, 0.3) is 0 Å². The lowest BCUT2D eigenvalue weighted by Crippen LogP contribution is -2.08. The number of hydrogen-bond acceptors (Lipinski definition) is 3. The van der Waals surface area contributed by atoms with Gasteiger partial charge in [0.15, 0.2) is 5.78 Å². The molecule has 1 fully saturated rings. The van der Waals surface area contributed by atoms with E-state index >= 15 is 0 Å². The second-order valence-corrected chi connectivity index (χ2v) is 7.06. The van der Waals surface area contributed by atoms with Gasteiger partial charge in [-0.2, -0.15) is 0 Å². The fraction of sp³-hybridized carbons (Fsp3) is 0.316. The zero-order valence-corrected chi connectivity index (χ0v) is 13.9. The molecule has 3 rings (SSSR count). The summed E-state index contributed by atoms with van der Waals surface area (Å²) in [5, 5.41) is 0. The second kappa shape index (κ2) is 6.57. The predicted octanol–water partition coefficient (Wildman–Crippen LogP) is 4.64. The van der Waals surface area contributed by atoms with E-state index in [4.69, 9.17) is 0 Å². The molecule has 0 bridgehead atoms. The molecule has 3 heteroatoms. The van der Waals surface area contributed by atoms with Crippen molar-refractivity contribution in [3.63, 3.8) is 0 Å². The maximum Gasteiger partial charge on any atom is 0.165 e. The Labute approximate surface area is 136 Å². The molecule has 0 amide bonds. The van der Waals surface area contributed by atoms with Gasteiger partial charge in [0.1, 0.15) is 0 Å². The Hall–Kier alpha value is -1.74. The first-order valence-corrected chi connectivity index (χ1v) is 8.65. The quantitative estimate of drug-likeness (QED) is 0.572. The molecular weight excluding hydrogens is 290 g/mol. The molecular formula is C19H21NOS. The zero-order chi connectivity index (χ0) is 15.5. The molecule has 0 aromatic heterocycles. The fourth-order valence-electron chi connectivity index (χ4n) is 2.35. The molecule has 0 aliphatic heterocycles. The Morgan fingerprint density at radius 2 is 1.68 bits per heavy atom. The van der Waals surface area contributed by atoms with E-state index in [-0.39, 0.29) is 0 Å². The van der Waals surface area contributed by atoms with Crippen LogP contribution in [0.3, 0.4) is 0 Å². The smallest absolute Gasteiger partial charge is 0.165 e. The first kappa shape index (κ1) is 15.2. The summed E-state index contributed by atoms with van der Waals surface area (Å²) in [5.74, 6) is 1.56. The molecule has 1 saturated carbocycles. The highest BCUT2D eigenvalue weighted by atomic mass is 32.2. The van der Waals surface area contributed by atoms with E-state index in [1.165, 1.54) is 16.1 Å². The van der Waals surface area contributed by atoms with Gasteiger partial charge in [0.2, 0.25) is 0 Å². The molecule has 0 heterocycles. The Morgan fingerprint density at radius 1 is 1.05 bits per heavy atom. The van der Waals surface area contributed by atoms with E-state index in [9.17, 15) is 4.79 Å². The van der Waals surface area contributed by atoms with Crippen LogP contribution in [0.5, 0.6) is 0 Å². The third-order valence-corrected chi connectivity index (χ3v) is 5.03. The van der Waals surface area contributed by atoms with Gasteiger partial charge in [-0.3, -0.25) is 4.79 Å². The number of anilines is 1. The Balaban J connectivity index is 1.57. The third kappa shape index (κ3) is 3.72. The summed E-state index contributed by atoms with van der Waals surface area (Å²) < 4.78 is 0. The number of nitrogens with zero attached hydrogens (tertiary/aromatic N) is 1. The highest BCUT2D eigenvalue weighted by molar-refractivity contribution is 7.98. The summed E-state index contributed by atoms with van der Waals surface area (Å²) >= 11 is 1.81. The van der Waals surface area contributed by atoms with Crippen LogP contribution in [0, 0.1) is 5.92 Å². The minimum atomic E-state index is 0.300. The molecule has 2 nitrogen and oxygen atoms in total. The van der Waals surface area contributed by atoms with Crippen molar-refractivity contribution in [2.45, 2.75) is 23.5 Å². The number of hydrogen-bond donors (Lipinski definition) is 0. The van der Waals surface area contributed by atoms with Crippen molar-refractivity contribution in [1.82, 2.24) is 0 Å². The van der Waals surface area contributed by atoms with Gasteiger partial charge in [-0.05, 0) is 42.7 Å². The molecule has 1 aliphatic carbocycles. The lowest BCUT2D eigenvalue weighted by molar-refractivity contribution is 0.0967. The zero-order valence-electron chi connectivity index (χ0n) is 13.1. The lowest BCUT2D eigenvalue weighted by atomic mass is 10.1. The van der Waals surface area contributed by atoms with E-state index in [0.29, 0.717) is 11.7 Å². The number of carbonyl (C=O) groups excluding carboxylic acids is 1. The molecule has 2 aromatic carbocycles. The van der Waals surface area contributed by atoms with Crippen LogP contribution in [0.4, 0.5) is 5.69 Å². The third-order valence-electron chi connectivity index (χ3n) is 3.95. The molecule has 0 unspecified atom stereocenters. The van der Waals surface area contributed by atoms with Crippen LogP contribution in [-0.2, 0) is 5.75 Å². The number of Topliss-reactive ketones (excluding diaryl/α,β-unsaturated/α-hetero) is 1. The predicted molar refractivity (Wildman–Crippen MR) is 93.8 cm³/mol. The number of rotatable bonds is 6. The van der Waals surface area contributed by atoms with Crippen molar-refractivity contribution in [1.29, 1.82) is 0 Å². The summed E-state index contributed by atoms with van der Waals surface area (Å²) in [6.07, 6.45) is 2.14. The van der Waals surface area contributed by atoms with Crippen molar-refractivity contribution in [2.75, 3.05) is 19.0 Å². The number of carbonyl (C=O) groups is 1. The summed E-state index contributed by atoms with van der Waals surface area (Å²) in [6, 6.07) is 16.7. The van der Waals surface area contributed by atoms with E-state index in [0.717, 1.165) is 24.2 Å². The van der Waals surface area contributed by atoms with Crippen LogP contribution in [0.2, 0.25) is 0 Å². The first-order chi connectivity index (χ1) is 10.6. The van der Waals surface area contributed by atoms with E-state index in [1.54, 1.807) is 0 Å². The number of ketones is 1. The maximum absolute atomic E-state index is 12.0. The van der Waals surface area contributed by atoms with Crippen molar-refractivity contribution >= 4 is 23.2 Å². The Kier molecular flexibility index (Phi) is 4.53. The summed E-state index contributed by atoms with van der Waals surface area (Å²) in [6.45, 7) is 0. The van der Waals surface area contributed by atoms with Gasteiger partial charge < -0.3 is 4.90 Å². The van der Waals surface area contributed by atoms with Crippen LogP contribution in [-0.4, -0.2) is 19.9 Å². The van der Waals surface area contributed by atoms with E-state index in [1.807, 2.05) is 38.0 Å². The molecule has 0 N–H and O–H groups in total. The van der Waals surface area contributed by atoms with Gasteiger partial charge in [-0.25, -0.2) is 0 Å². The van der Waals surface area contributed by atoms with Gasteiger partial charge in [0.05, 0.1) is 0 Å². The molecule has 0 radical (unpaired) electrons. The van der Waals surface area contributed by atoms with Crippen LogP contribution < -0.4 is 4.90 Å². The van der Waals surface area contributed by atoms with Crippen LogP contribution in [0.15, 0.2) is 53.4 Å². The summed E-state index contributed by atoms with van der Waals surface area (Å²) in [5.41, 5.74) is 3.40. The van der Waals surface area contributed by atoms with Crippen LogP contribution >= 0.6 is 11.8 Å². The highest BCUT2D eigenvalue weighted by Gasteiger charge is 2.30. The lowest BCUT2D eigenvalue weighted by Gasteiger charge is -2.12. The molecule has 114 valence electrons. The SMILES string of the molecule is CN(C)c1ccc(CSc2ccc(C(=O)C3CC3)cc2)cc1. The van der Waals surface area contributed by atoms with Crippen molar-refractivity contribution in [2.24, 2.45) is 5.92 Å². The average molecular weight is 311 g/mol. The Bertz CT molecular complexity index is 642. The van der Waals surface area contributed by atoms with E-state index < -0.39 is 0 Å². The fourth-order valence-corrected chi connectivity index (χ4v) is 3.21. The van der Waals surface area contributed by atoms with Gasteiger partial charge in [-0.1, -0.05) is 24.3 Å². The normalized spacial score (nSPS) is 13.9. The molecule has 0 spiro atoms. The minimum Gasteiger partial charge on any atom is -0.378 e. The topological polar surface area (TPSA) is 20.3 Å². The largest absolute Gasteiger partial charge is 0.378 e. The number of thioether (sulfide) groups is 1. The minimum absolute atomic E-state index is 0.300.